The fourth-order valence-electron chi connectivity index (χ4n) is 5.56. The molecule has 13 heteroatoms. The van der Waals surface area contributed by atoms with Gasteiger partial charge in [0.15, 0.2) is 0 Å². The number of benzene rings is 1. The molecule has 3 aliphatic heterocycles. The lowest BCUT2D eigenvalue weighted by Crippen LogP contribution is -2.56. The molecule has 10 nitrogen and oxygen atoms in total. The topological polar surface area (TPSA) is 121 Å². The number of aromatic nitrogens is 4. The van der Waals surface area contributed by atoms with E-state index in [1.165, 1.54) is 11.8 Å². The number of nitrogens with one attached hydrogen (secondary N) is 1. The summed E-state index contributed by atoms with van der Waals surface area (Å²) in [5, 5.41) is 1.45. The molecule has 1 spiro atoms. The van der Waals surface area contributed by atoms with Crippen LogP contribution in [0.2, 0.25) is 5.02 Å². The third-order valence-corrected chi connectivity index (χ3v) is 11.2. The Bertz CT molecular complexity index is 1470. The van der Waals surface area contributed by atoms with Crippen LogP contribution in [0.5, 0.6) is 0 Å². The van der Waals surface area contributed by atoms with Crippen molar-refractivity contribution in [3.63, 3.8) is 0 Å². The van der Waals surface area contributed by atoms with Gasteiger partial charge < -0.3 is 18.9 Å². The van der Waals surface area contributed by atoms with E-state index < -0.39 is 11.4 Å². The molecule has 2 unspecified atom stereocenters. The molecule has 4 atom stereocenters. The van der Waals surface area contributed by atoms with Gasteiger partial charge in [-0.3, -0.25) is 9.36 Å². The van der Waals surface area contributed by atoms with E-state index in [4.69, 9.17) is 26.1 Å². The van der Waals surface area contributed by atoms with Gasteiger partial charge in [0, 0.05) is 34.8 Å². The van der Waals surface area contributed by atoms with Crippen molar-refractivity contribution in [1.82, 2.24) is 24.2 Å². The molecule has 6 rings (SSSR count). The number of rotatable bonds is 7. The minimum atomic E-state index is -1.16. The van der Waals surface area contributed by atoms with Gasteiger partial charge in [0.2, 0.25) is 0 Å². The molecule has 3 fully saturated rings. The van der Waals surface area contributed by atoms with Crippen LogP contribution in [0.15, 0.2) is 45.6 Å². The summed E-state index contributed by atoms with van der Waals surface area (Å²) in [6.07, 6.45) is 6.99. The highest BCUT2D eigenvalue weighted by atomic mass is 35.5. The fraction of sp³-hybridized carbons (Fsp3) is 0.571. The minimum absolute atomic E-state index is 0.0109. The summed E-state index contributed by atoms with van der Waals surface area (Å²) in [5.41, 5.74) is 0.337. The second-order valence-corrected chi connectivity index (χ2v) is 15.5. The fourth-order valence-corrected chi connectivity index (χ4v) is 7.70. The van der Waals surface area contributed by atoms with Gasteiger partial charge >= 0.3 is 0 Å². The Kier molecular flexibility index (Phi) is 8.03. The van der Waals surface area contributed by atoms with Gasteiger partial charge in [-0.1, -0.05) is 23.4 Å². The molecule has 220 valence electrons. The average molecular weight is 619 g/mol. The van der Waals surface area contributed by atoms with Crippen LogP contribution in [0.1, 0.15) is 40.5 Å². The normalized spacial score (nSPS) is 24.7. The number of nitrogens with zero attached hydrogens (tertiary/aromatic N) is 5. The number of ether oxygens (including phenoxy) is 2. The predicted molar refractivity (Wildman–Crippen MR) is 161 cm³/mol. The molecule has 0 saturated carbocycles. The van der Waals surface area contributed by atoms with Gasteiger partial charge in [-0.05, 0) is 52.7 Å². The third-order valence-electron chi connectivity index (χ3n) is 8.16. The largest absolute Gasteiger partial charge is 0.598 e. The zero-order valence-electron chi connectivity index (χ0n) is 23.6. The van der Waals surface area contributed by atoms with Gasteiger partial charge in [0.1, 0.15) is 15.6 Å². The number of piperidine rings is 1. The van der Waals surface area contributed by atoms with E-state index in [0.717, 1.165) is 36.6 Å². The maximum absolute atomic E-state index is 13.1. The first-order valence-corrected chi connectivity index (χ1v) is 16.2. The van der Waals surface area contributed by atoms with Crippen LogP contribution in [0.25, 0.3) is 10.9 Å². The second-order valence-electron chi connectivity index (χ2n) is 12.1. The zero-order valence-corrected chi connectivity index (χ0v) is 26.0. The number of hydrogen-bond donors (Lipinski definition) is 1. The first kappa shape index (κ1) is 29.2. The number of hydrogen-bond acceptors (Lipinski definition) is 10. The lowest BCUT2D eigenvalue weighted by atomic mass is 9.73. The van der Waals surface area contributed by atoms with E-state index in [9.17, 15) is 9.35 Å². The predicted octanol–water partition coefficient (Wildman–Crippen LogP) is 3.82. The first-order valence-electron chi connectivity index (χ1n) is 13.9. The Morgan fingerprint density at radius 1 is 1.20 bits per heavy atom. The average Bonchev–Trinajstić information content (AvgIpc) is 3.72. The van der Waals surface area contributed by atoms with Gasteiger partial charge in [0.25, 0.3) is 5.56 Å². The molecule has 5 heterocycles. The Labute approximate surface area is 251 Å². The summed E-state index contributed by atoms with van der Waals surface area (Å²) in [5.74, 6) is 0.818. The maximum atomic E-state index is 13.1. The van der Waals surface area contributed by atoms with E-state index in [1.54, 1.807) is 29.4 Å². The van der Waals surface area contributed by atoms with Gasteiger partial charge in [-0.15, -0.1) is 4.72 Å². The van der Waals surface area contributed by atoms with Crippen LogP contribution in [0.4, 0.5) is 5.82 Å². The Morgan fingerprint density at radius 3 is 2.61 bits per heavy atom. The monoisotopic (exact) mass is 618 g/mol. The maximum Gasteiger partial charge on any atom is 0.262 e. The summed E-state index contributed by atoms with van der Waals surface area (Å²) in [6, 6.07) is 3.71. The second kappa shape index (κ2) is 11.3. The Balaban J connectivity index is 1.13. The Hall–Kier alpha value is -1.93. The summed E-state index contributed by atoms with van der Waals surface area (Å²) < 4.78 is 28.8. The molecule has 3 aromatic rings. The molecule has 0 amide bonds. The van der Waals surface area contributed by atoms with E-state index in [-0.39, 0.29) is 34.0 Å². The SMILES string of the molecule is C[C@@H]1OCC2(CCN(c3cnc(Sc4ccc5ncn(CC6CO6)c(=O)c5c4Cl)cn3)CC2)[C@@H]1N[S+]([O-])C(C)(C)C. The molecule has 0 bridgehead atoms. The van der Waals surface area contributed by atoms with Gasteiger partial charge in [0.05, 0.1) is 72.7 Å². The van der Waals surface area contributed by atoms with Crippen LogP contribution in [-0.2, 0) is 27.4 Å². The lowest BCUT2D eigenvalue weighted by Gasteiger charge is -2.43. The molecule has 1 N–H and O–H groups in total. The molecular formula is C28H35ClN6O4S2. The number of epoxide rings is 1. The van der Waals surface area contributed by atoms with Crippen molar-refractivity contribution in [3.8, 4) is 0 Å². The van der Waals surface area contributed by atoms with Crippen molar-refractivity contribution in [1.29, 1.82) is 0 Å². The summed E-state index contributed by atoms with van der Waals surface area (Å²) >= 11 is 6.93. The van der Waals surface area contributed by atoms with E-state index in [2.05, 4.69) is 26.5 Å². The molecule has 0 radical (unpaired) electrons. The number of fused-ring (bicyclic) bond motifs is 1. The number of halogens is 1. The molecule has 3 saturated heterocycles. The summed E-state index contributed by atoms with van der Waals surface area (Å²) in [6.45, 7) is 11.5. The summed E-state index contributed by atoms with van der Waals surface area (Å²) in [7, 11) is 0. The van der Waals surface area contributed by atoms with Gasteiger partial charge in [-0.2, -0.15) is 0 Å². The van der Waals surface area contributed by atoms with Crippen LogP contribution in [0.3, 0.4) is 0 Å². The minimum Gasteiger partial charge on any atom is -0.598 e. The van der Waals surface area contributed by atoms with E-state index in [1.807, 2.05) is 26.8 Å². The molecule has 1 aromatic carbocycles. The van der Waals surface area contributed by atoms with Crippen LogP contribution >= 0.6 is 23.4 Å². The first-order chi connectivity index (χ1) is 19.5. The van der Waals surface area contributed by atoms with Crippen molar-refractivity contribution < 1.29 is 14.0 Å². The quantitative estimate of drug-likeness (QED) is 0.309. The van der Waals surface area contributed by atoms with Crippen LogP contribution < -0.4 is 15.2 Å². The highest BCUT2D eigenvalue weighted by Gasteiger charge is 2.52. The summed E-state index contributed by atoms with van der Waals surface area (Å²) in [4.78, 5) is 29.8. The molecular weight excluding hydrogens is 584 g/mol. The van der Waals surface area contributed by atoms with Crippen molar-refractivity contribution in [3.05, 3.63) is 46.2 Å². The van der Waals surface area contributed by atoms with Crippen molar-refractivity contribution >= 4 is 51.4 Å². The standard InChI is InChI=1S/C28H35ClN6O4S2/c1-17-25(33-41(37)27(2,3)4)28(15-39-17)7-9-34(10-8-28)21-11-31-22(12-30-21)40-20-6-5-19-23(24(20)29)26(36)35(16-32-19)13-18-14-38-18/h5-6,11-12,16-18,25,33H,7-10,13-15H2,1-4H3/t17-,18?,25+,41?/m0/s1. The lowest BCUT2D eigenvalue weighted by molar-refractivity contribution is 0.0973. The highest BCUT2D eigenvalue weighted by molar-refractivity contribution is 7.99. The molecule has 3 aliphatic rings. The van der Waals surface area contributed by atoms with E-state index >= 15 is 0 Å². The van der Waals surface area contributed by atoms with Crippen molar-refractivity contribution in [2.75, 3.05) is 31.2 Å². The third kappa shape index (κ3) is 5.97. The van der Waals surface area contributed by atoms with Crippen LogP contribution in [-0.4, -0.2) is 73.4 Å². The highest BCUT2D eigenvalue weighted by Crippen LogP contribution is 2.44. The molecule has 2 aromatic heterocycles. The zero-order chi connectivity index (χ0) is 28.9. The van der Waals surface area contributed by atoms with Crippen molar-refractivity contribution in [2.45, 2.75) is 80.0 Å². The van der Waals surface area contributed by atoms with E-state index in [0.29, 0.717) is 40.7 Å². The molecule has 41 heavy (non-hydrogen) atoms. The van der Waals surface area contributed by atoms with Crippen LogP contribution in [0, 0.1) is 5.41 Å². The van der Waals surface area contributed by atoms with Crippen molar-refractivity contribution in [2.24, 2.45) is 5.41 Å². The smallest absolute Gasteiger partial charge is 0.262 e. The Morgan fingerprint density at radius 2 is 1.95 bits per heavy atom. The van der Waals surface area contributed by atoms with Gasteiger partial charge in [-0.25, -0.2) is 15.0 Å². The molecule has 0 aliphatic carbocycles. The number of anilines is 1.